The Labute approximate surface area is 71.9 Å². The third-order valence-corrected chi connectivity index (χ3v) is 2.57. The van der Waals surface area contributed by atoms with Crippen LogP contribution in [-0.4, -0.2) is 49.7 Å². The van der Waals surface area contributed by atoms with Gasteiger partial charge in [-0.25, -0.2) is 0 Å². The molecule has 0 amide bonds. The molecule has 1 unspecified atom stereocenters. The van der Waals surface area contributed by atoms with Gasteiger partial charge in [0.25, 0.3) is 0 Å². The molecule has 2 fully saturated rings. The summed E-state index contributed by atoms with van der Waals surface area (Å²) >= 11 is 0. The number of rotatable bonds is 1. The van der Waals surface area contributed by atoms with Crippen LogP contribution in [0.4, 0.5) is 0 Å². The van der Waals surface area contributed by atoms with E-state index in [4.69, 9.17) is 14.6 Å². The molecule has 2 aliphatic rings. The molecule has 4 nitrogen and oxygen atoms in total. The average molecular weight is 173 g/mol. The van der Waals surface area contributed by atoms with Crippen LogP contribution in [0.1, 0.15) is 6.42 Å². The molecular weight excluding hydrogens is 158 g/mol. The van der Waals surface area contributed by atoms with E-state index in [1.165, 1.54) is 0 Å². The molecule has 0 radical (unpaired) electrons. The lowest BCUT2D eigenvalue weighted by Crippen LogP contribution is -2.53. The molecule has 0 aliphatic carbocycles. The number of aliphatic hydroxyl groups is 1. The van der Waals surface area contributed by atoms with E-state index in [1.807, 2.05) is 0 Å². The van der Waals surface area contributed by atoms with Crippen LogP contribution in [0.2, 0.25) is 0 Å². The SMILES string of the molecule is OC[C@@H]1CNCC2(CCO2)CO1. The molecule has 2 atom stereocenters. The van der Waals surface area contributed by atoms with Crippen LogP contribution >= 0.6 is 0 Å². The van der Waals surface area contributed by atoms with Gasteiger partial charge in [-0.2, -0.15) is 0 Å². The van der Waals surface area contributed by atoms with Crippen molar-refractivity contribution < 1.29 is 14.6 Å². The summed E-state index contributed by atoms with van der Waals surface area (Å²) in [4.78, 5) is 0. The van der Waals surface area contributed by atoms with Crippen molar-refractivity contribution in [1.29, 1.82) is 0 Å². The van der Waals surface area contributed by atoms with Gasteiger partial charge in [-0.15, -0.1) is 0 Å². The van der Waals surface area contributed by atoms with Crippen LogP contribution in [0.3, 0.4) is 0 Å². The second-order valence-electron chi connectivity index (χ2n) is 3.53. The first-order valence-corrected chi connectivity index (χ1v) is 4.42. The number of aliphatic hydroxyl groups excluding tert-OH is 1. The first kappa shape index (κ1) is 8.44. The summed E-state index contributed by atoms with van der Waals surface area (Å²) < 4.78 is 10.9. The van der Waals surface area contributed by atoms with Crippen LogP contribution in [0.5, 0.6) is 0 Å². The largest absolute Gasteiger partial charge is 0.394 e. The molecule has 2 heterocycles. The molecule has 70 valence electrons. The Morgan fingerprint density at radius 1 is 1.58 bits per heavy atom. The van der Waals surface area contributed by atoms with Gasteiger partial charge < -0.3 is 19.9 Å². The van der Waals surface area contributed by atoms with Crippen molar-refractivity contribution in [3.8, 4) is 0 Å². The highest BCUT2D eigenvalue weighted by atomic mass is 16.6. The van der Waals surface area contributed by atoms with Crippen molar-refractivity contribution in [3.63, 3.8) is 0 Å². The molecule has 1 spiro atoms. The molecular formula is C8H15NO3. The second-order valence-corrected chi connectivity index (χ2v) is 3.53. The highest BCUT2D eigenvalue weighted by Gasteiger charge is 2.40. The number of hydrogen-bond acceptors (Lipinski definition) is 4. The maximum Gasteiger partial charge on any atom is 0.106 e. The van der Waals surface area contributed by atoms with Crippen molar-refractivity contribution in [3.05, 3.63) is 0 Å². The molecule has 0 aromatic carbocycles. The van der Waals surface area contributed by atoms with Gasteiger partial charge in [0, 0.05) is 19.5 Å². The predicted octanol–water partition coefficient (Wildman–Crippen LogP) is -0.874. The van der Waals surface area contributed by atoms with Gasteiger partial charge in [-0.1, -0.05) is 0 Å². The van der Waals surface area contributed by atoms with E-state index in [0.29, 0.717) is 6.61 Å². The van der Waals surface area contributed by atoms with Crippen molar-refractivity contribution in [1.82, 2.24) is 5.32 Å². The minimum Gasteiger partial charge on any atom is -0.394 e. The lowest BCUT2D eigenvalue weighted by molar-refractivity contribution is -0.177. The molecule has 12 heavy (non-hydrogen) atoms. The normalized spacial score (nSPS) is 42.2. The lowest BCUT2D eigenvalue weighted by Gasteiger charge is -2.40. The molecule has 0 aromatic heterocycles. The van der Waals surface area contributed by atoms with Gasteiger partial charge in [0.05, 0.1) is 25.9 Å². The molecule has 2 rings (SSSR count). The topological polar surface area (TPSA) is 50.7 Å². The zero-order valence-corrected chi connectivity index (χ0v) is 7.08. The smallest absolute Gasteiger partial charge is 0.106 e. The Morgan fingerprint density at radius 2 is 2.42 bits per heavy atom. The summed E-state index contributed by atoms with van der Waals surface area (Å²) in [7, 11) is 0. The molecule has 0 saturated carbocycles. The third kappa shape index (κ3) is 1.47. The van der Waals surface area contributed by atoms with E-state index in [9.17, 15) is 0 Å². The van der Waals surface area contributed by atoms with Crippen molar-refractivity contribution in [2.24, 2.45) is 0 Å². The Hall–Kier alpha value is -0.160. The summed E-state index contributed by atoms with van der Waals surface area (Å²) in [5.74, 6) is 0. The van der Waals surface area contributed by atoms with Crippen LogP contribution in [0.25, 0.3) is 0 Å². The maximum atomic E-state index is 8.87. The Kier molecular flexibility index (Phi) is 2.32. The number of ether oxygens (including phenoxy) is 2. The maximum absolute atomic E-state index is 8.87. The highest BCUT2D eigenvalue weighted by molar-refractivity contribution is 4.92. The first-order valence-electron chi connectivity index (χ1n) is 4.42. The van der Waals surface area contributed by atoms with Crippen molar-refractivity contribution >= 4 is 0 Å². The van der Waals surface area contributed by atoms with Gasteiger partial charge in [-0.3, -0.25) is 0 Å². The van der Waals surface area contributed by atoms with E-state index in [2.05, 4.69) is 5.32 Å². The summed E-state index contributed by atoms with van der Waals surface area (Å²) in [6.07, 6.45) is 1.01. The minimum atomic E-state index is -0.0794. The van der Waals surface area contributed by atoms with Crippen LogP contribution in [-0.2, 0) is 9.47 Å². The van der Waals surface area contributed by atoms with Crippen LogP contribution in [0.15, 0.2) is 0 Å². The van der Waals surface area contributed by atoms with Gasteiger partial charge in [0.2, 0.25) is 0 Å². The second kappa shape index (κ2) is 3.30. The fraction of sp³-hybridized carbons (Fsp3) is 1.00. The molecule has 0 bridgehead atoms. The van der Waals surface area contributed by atoms with Gasteiger partial charge in [0.15, 0.2) is 0 Å². The quantitative estimate of drug-likeness (QED) is 0.541. The molecule has 4 heteroatoms. The van der Waals surface area contributed by atoms with E-state index in [0.717, 1.165) is 26.1 Å². The molecule has 0 aromatic rings. The Bertz CT molecular complexity index is 158. The van der Waals surface area contributed by atoms with Crippen LogP contribution in [0, 0.1) is 0 Å². The lowest BCUT2D eigenvalue weighted by atomic mass is 9.96. The Balaban J connectivity index is 1.88. The minimum absolute atomic E-state index is 0.0615. The fourth-order valence-electron chi connectivity index (χ4n) is 1.60. The summed E-state index contributed by atoms with van der Waals surface area (Å²) in [6.45, 7) is 3.12. The third-order valence-electron chi connectivity index (χ3n) is 2.57. The van der Waals surface area contributed by atoms with E-state index in [1.54, 1.807) is 0 Å². The van der Waals surface area contributed by atoms with E-state index in [-0.39, 0.29) is 18.3 Å². The van der Waals surface area contributed by atoms with Crippen molar-refractivity contribution in [2.45, 2.75) is 18.1 Å². The number of nitrogens with one attached hydrogen (secondary N) is 1. The van der Waals surface area contributed by atoms with E-state index < -0.39 is 0 Å². The van der Waals surface area contributed by atoms with Gasteiger partial charge >= 0.3 is 0 Å². The number of hydrogen-bond donors (Lipinski definition) is 2. The highest BCUT2D eigenvalue weighted by Crippen LogP contribution is 2.27. The average Bonchev–Trinajstić information content (AvgIpc) is 2.24. The van der Waals surface area contributed by atoms with Crippen molar-refractivity contribution in [2.75, 3.05) is 32.9 Å². The van der Waals surface area contributed by atoms with Crippen LogP contribution < -0.4 is 5.32 Å². The standard InChI is InChI=1S/C8H15NO3/c10-4-7-3-9-5-8(6-11-7)1-2-12-8/h7,9-10H,1-6H2/t7-,8?/m0/s1. The summed E-state index contributed by atoms with van der Waals surface area (Å²) in [6, 6.07) is 0. The zero-order chi connectivity index (χ0) is 8.44. The summed E-state index contributed by atoms with van der Waals surface area (Å²) in [5, 5.41) is 12.1. The first-order chi connectivity index (χ1) is 5.85. The molecule has 2 aliphatic heterocycles. The summed E-state index contributed by atoms with van der Waals surface area (Å²) in [5.41, 5.74) is -0.0794. The Morgan fingerprint density at radius 3 is 3.00 bits per heavy atom. The predicted molar refractivity (Wildman–Crippen MR) is 43.0 cm³/mol. The van der Waals surface area contributed by atoms with E-state index >= 15 is 0 Å². The fourth-order valence-corrected chi connectivity index (χ4v) is 1.60. The zero-order valence-electron chi connectivity index (χ0n) is 7.08. The monoisotopic (exact) mass is 173 g/mol. The molecule has 2 N–H and O–H groups in total. The molecule has 2 saturated heterocycles. The van der Waals surface area contributed by atoms with Gasteiger partial charge in [0.1, 0.15) is 5.60 Å². The van der Waals surface area contributed by atoms with Gasteiger partial charge in [-0.05, 0) is 0 Å².